The third kappa shape index (κ3) is 3.96. The van der Waals surface area contributed by atoms with Gasteiger partial charge in [0.15, 0.2) is 5.79 Å². The molecule has 3 aliphatic rings. The van der Waals surface area contributed by atoms with E-state index in [0.717, 1.165) is 5.56 Å². The van der Waals surface area contributed by atoms with Crippen LogP contribution >= 0.6 is 0 Å². The Morgan fingerprint density at radius 3 is 2.67 bits per heavy atom. The quantitative estimate of drug-likeness (QED) is 0.580. The van der Waals surface area contributed by atoms with Gasteiger partial charge in [-0.25, -0.2) is 14.6 Å². The van der Waals surface area contributed by atoms with Gasteiger partial charge in [0.25, 0.3) is 0 Å². The van der Waals surface area contributed by atoms with Crippen molar-refractivity contribution in [3.63, 3.8) is 0 Å². The molecule has 0 radical (unpaired) electrons. The summed E-state index contributed by atoms with van der Waals surface area (Å²) in [4.78, 5) is 43.0. The van der Waals surface area contributed by atoms with Gasteiger partial charge in [0.05, 0.1) is 25.3 Å². The minimum Gasteiger partial charge on any atom is -0.465 e. The fourth-order valence-corrected chi connectivity index (χ4v) is 4.84. The number of isocyanates is 1. The van der Waals surface area contributed by atoms with E-state index in [1.54, 1.807) is 11.0 Å². The van der Waals surface area contributed by atoms with Crippen LogP contribution in [0.2, 0.25) is 0 Å². The lowest BCUT2D eigenvalue weighted by Gasteiger charge is -2.42. The van der Waals surface area contributed by atoms with Crippen molar-refractivity contribution in [1.29, 1.82) is 0 Å². The smallest absolute Gasteiger partial charge is 0.408 e. The van der Waals surface area contributed by atoms with Crippen LogP contribution in [0.5, 0.6) is 0 Å². The van der Waals surface area contributed by atoms with Gasteiger partial charge in [0.1, 0.15) is 6.04 Å². The van der Waals surface area contributed by atoms with Crippen molar-refractivity contribution < 1.29 is 29.0 Å². The summed E-state index contributed by atoms with van der Waals surface area (Å²) < 4.78 is 11.5. The minimum absolute atomic E-state index is 0.145. The molecule has 2 heterocycles. The molecular formula is C21H25N3O6. The molecule has 2 amide bonds. The highest BCUT2D eigenvalue weighted by Gasteiger charge is 2.50. The van der Waals surface area contributed by atoms with Crippen molar-refractivity contribution in [2.45, 2.75) is 56.1 Å². The van der Waals surface area contributed by atoms with Crippen molar-refractivity contribution in [2.75, 3.05) is 19.8 Å². The summed E-state index contributed by atoms with van der Waals surface area (Å²) >= 11 is 0. The van der Waals surface area contributed by atoms with Gasteiger partial charge in [0.2, 0.25) is 12.0 Å². The third-order valence-electron chi connectivity index (χ3n) is 6.25. The maximum atomic E-state index is 13.2. The van der Waals surface area contributed by atoms with E-state index in [-0.39, 0.29) is 18.5 Å². The molecule has 0 bridgehead atoms. The molecule has 4 rings (SSSR count). The maximum absolute atomic E-state index is 13.2. The first-order valence-corrected chi connectivity index (χ1v) is 10.2. The highest BCUT2D eigenvalue weighted by atomic mass is 16.7. The van der Waals surface area contributed by atoms with Crippen LogP contribution in [0.4, 0.5) is 4.79 Å². The molecule has 30 heavy (non-hydrogen) atoms. The zero-order valence-electron chi connectivity index (χ0n) is 16.6. The van der Waals surface area contributed by atoms with Crippen molar-refractivity contribution in [2.24, 2.45) is 4.99 Å². The normalized spacial score (nSPS) is 27.8. The molecule has 0 unspecified atom stereocenters. The molecule has 9 nitrogen and oxygen atoms in total. The van der Waals surface area contributed by atoms with E-state index >= 15 is 0 Å². The Balaban J connectivity index is 1.49. The van der Waals surface area contributed by atoms with E-state index < -0.39 is 24.0 Å². The summed E-state index contributed by atoms with van der Waals surface area (Å²) in [7, 11) is 0. The molecule has 3 atom stereocenters. The Morgan fingerprint density at radius 2 is 2.00 bits per heavy atom. The molecule has 3 fully saturated rings. The first kappa shape index (κ1) is 20.5. The van der Waals surface area contributed by atoms with Gasteiger partial charge in [-0.05, 0) is 18.4 Å². The summed E-state index contributed by atoms with van der Waals surface area (Å²) in [6.45, 7) is 1.57. The van der Waals surface area contributed by atoms with Crippen LogP contribution in [-0.2, 0) is 25.6 Å². The van der Waals surface area contributed by atoms with Crippen LogP contribution in [0.3, 0.4) is 0 Å². The van der Waals surface area contributed by atoms with E-state index in [1.165, 1.54) is 4.90 Å². The Hall–Kier alpha value is -2.74. The second kappa shape index (κ2) is 8.55. The molecule has 1 N–H and O–H groups in total. The second-order valence-electron chi connectivity index (χ2n) is 7.94. The predicted octanol–water partition coefficient (Wildman–Crippen LogP) is 1.77. The highest BCUT2D eigenvalue weighted by Crippen LogP contribution is 2.40. The molecule has 2 saturated heterocycles. The van der Waals surface area contributed by atoms with Crippen LogP contribution in [0.15, 0.2) is 35.3 Å². The minimum atomic E-state index is -1.13. The summed E-state index contributed by atoms with van der Waals surface area (Å²) in [5, 5.41) is 9.74. The van der Waals surface area contributed by atoms with E-state index in [1.807, 2.05) is 30.3 Å². The van der Waals surface area contributed by atoms with Crippen molar-refractivity contribution in [3.05, 3.63) is 35.9 Å². The Morgan fingerprint density at radius 1 is 1.27 bits per heavy atom. The molecule has 1 spiro atoms. The standard InChI is InChI=1S/C21H25N3O6/c25-14-22-16-12-21(29-10-11-30-21)8-6-17(16)23-9-7-18(19(23)26)24(20(27)28)13-15-4-2-1-3-5-15/h1-5,16-18H,6-13H2,(H,27,28)/t16-,17+,18+/m1/s1. The van der Waals surface area contributed by atoms with Crippen LogP contribution in [0.25, 0.3) is 0 Å². The number of ether oxygens (including phenoxy) is 2. The average molecular weight is 415 g/mol. The topological polar surface area (TPSA) is 109 Å². The number of likely N-dealkylation sites (tertiary alicyclic amines) is 1. The fraction of sp³-hybridized carbons (Fsp3) is 0.571. The number of carboxylic acid groups (broad SMARTS) is 1. The molecule has 160 valence electrons. The summed E-state index contributed by atoms with van der Waals surface area (Å²) in [6.07, 6.45) is 2.45. The number of hydrogen-bond acceptors (Lipinski definition) is 6. The van der Waals surface area contributed by atoms with Gasteiger partial charge in [-0.1, -0.05) is 30.3 Å². The first-order chi connectivity index (χ1) is 14.5. The molecule has 1 aromatic carbocycles. The van der Waals surface area contributed by atoms with E-state index in [9.17, 15) is 19.5 Å². The van der Waals surface area contributed by atoms with Crippen LogP contribution in [-0.4, -0.2) is 76.7 Å². The van der Waals surface area contributed by atoms with Crippen molar-refractivity contribution in [1.82, 2.24) is 9.80 Å². The Bertz CT molecular complexity index is 834. The molecule has 1 saturated carbocycles. The van der Waals surface area contributed by atoms with Gasteiger partial charge in [0, 0.05) is 25.9 Å². The molecule has 9 heteroatoms. The monoisotopic (exact) mass is 415 g/mol. The van der Waals surface area contributed by atoms with E-state index in [0.29, 0.717) is 45.4 Å². The largest absolute Gasteiger partial charge is 0.465 e. The predicted molar refractivity (Wildman–Crippen MR) is 104 cm³/mol. The van der Waals surface area contributed by atoms with Crippen molar-refractivity contribution >= 4 is 18.1 Å². The molecule has 0 aromatic heterocycles. The number of nitrogens with zero attached hydrogens (tertiary/aromatic N) is 3. The average Bonchev–Trinajstić information content (AvgIpc) is 3.34. The Labute approximate surface area is 174 Å². The lowest BCUT2D eigenvalue weighted by Crippen LogP contribution is -2.54. The molecule has 2 aliphatic heterocycles. The first-order valence-electron chi connectivity index (χ1n) is 10.2. The zero-order chi connectivity index (χ0) is 21.1. The number of benzene rings is 1. The fourth-order valence-electron chi connectivity index (χ4n) is 4.84. The molecule has 1 aliphatic carbocycles. The number of hydrogen-bond donors (Lipinski definition) is 1. The Kier molecular flexibility index (Phi) is 5.85. The highest BCUT2D eigenvalue weighted by molar-refractivity contribution is 5.87. The van der Waals surface area contributed by atoms with Crippen LogP contribution in [0.1, 0.15) is 31.2 Å². The summed E-state index contributed by atoms with van der Waals surface area (Å²) in [5.41, 5.74) is 0.824. The zero-order valence-corrected chi connectivity index (χ0v) is 16.6. The number of carbonyl (C=O) groups is 2. The van der Waals surface area contributed by atoms with Gasteiger partial charge in [-0.2, -0.15) is 0 Å². The third-order valence-corrected chi connectivity index (χ3v) is 6.25. The lowest BCUT2D eigenvalue weighted by molar-refractivity contribution is -0.188. The number of carbonyl (C=O) groups excluding carboxylic acids is 2. The van der Waals surface area contributed by atoms with E-state index in [2.05, 4.69) is 4.99 Å². The number of amides is 2. The van der Waals surface area contributed by atoms with Gasteiger partial charge < -0.3 is 19.5 Å². The SMILES string of the molecule is O=C=N[C@@H]1CC2(CC[C@@H]1N1CC[C@H](N(Cc3ccccc3)C(=O)O)C1=O)OCCO2. The maximum Gasteiger partial charge on any atom is 0.408 e. The number of aliphatic imine (C=N–C) groups is 1. The summed E-state index contributed by atoms with van der Waals surface area (Å²) in [5.74, 6) is -0.988. The molecule has 1 aromatic rings. The van der Waals surface area contributed by atoms with Gasteiger partial charge in [-0.15, -0.1) is 0 Å². The summed E-state index contributed by atoms with van der Waals surface area (Å²) in [6, 6.07) is 7.68. The van der Waals surface area contributed by atoms with Crippen molar-refractivity contribution in [3.8, 4) is 0 Å². The van der Waals surface area contributed by atoms with Crippen LogP contribution in [0, 0.1) is 0 Å². The van der Waals surface area contributed by atoms with Crippen LogP contribution < -0.4 is 0 Å². The second-order valence-corrected chi connectivity index (χ2v) is 7.94. The lowest BCUT2D eigenvalue weighted by atomic mass is 9.85. The van der Waals surface area contributed by atoms with E-state index in [4.69, 9.17) is 9.47 Å². The van der Waals surface area contributed by atoms with Gasteiger partial charge >= 0.3 is 6.09 Å². The van der Waals surface area contributed by atoms with Gasteiger partial charge in [-0.3, -0.25) is 9.69 Å². The molecular weight excluding hydrogens is 390 g/mol. The number of rotatable bonds is 5.